The first-order valence-electron chi connectivity index (χ1n) is 5.23. The average molecular weight is 208 g/mol. The van der Waals surface area contributed by atoms with Crippen LogP contribution in [-0.4, -0.2) is 31.3 Å². The Hall–Kier alpha value is -1.29. The molecule has 0 atom stereocenters. The van der Waals surface area contributed by atoms with Crippen LogP contribution < -0.4 is 10.1 Å². The predicted molar refractivity (Wildman–Crippen MR) is 58.3 cm³/mol. The largest absolute Gasteiger partial charge is 0.480 e. The van der Waals surface area contributed by atoms with Gasteiger partial charge in [-0.15, -0.1) is 0 Å². The molecule has 0 unspecified atom stereocenters. The van der Waals surface area contributed by atoms with E-state index < -0.39 is 0 Å². The van der Waals surface area contributed by atoms with Crippen LogP contribution in [0.2, 0.25) is 0 Å². The summed E-state index contributed by atoms with van der Waals surface area (Å²) in [5, 5.41) is 3.43. The van der Waals surface area contributed by atoms with Gasteiger partial charge in [0.15, 0.2) is 0 Å². The number of nitrogens with one attached hydrogen (secondary N) is 1. The fourth-order valence-corrected chi connectivity index (χ4v) is 1.73. The molecule has 1 aliphatic heterocycles. The molecule has 0 saturated carbocycles. The zero-order valence-corrected chi connectivity index (χ0v) is 8.90. The molecule has 1 N–H and O–H groups in total. The number of anilines is 1. The summed E-state index contributed by atoms with van der Waals surface area (Å²) >= 11 is 0. The second kappa shape index (κ2) is 4.98. The standard InChI is InChI=1S/C11H16N2O2/c1-14-11-10(3-2-6-12-11)13-9-4-7-15-8-5-9/h2-3,6,9,13H,4-5,7-8H2,1H3. The maximum atomic E-state index is 5.31. The molecule has 4 nitrogen and oxygen atoms in total. The topological polar surface area (TPSA) is 43.4 Å². The highest BCUT2D eigenvalue weighted by Gasteiger charge is 2.15. The van der Waals surface area contributed by atoms with Gasteiger partial charge in [-0.2, -0.15) is 0 Å². The van der Waals surface area contributed by atoms with Gasteiger partial charge in [0.1, 0.15) is 0 Å². The zero-order valence-electron chi connectivity index (χ0n) is 8.90. The summed E-state index contributed by atoms with van der Waals surface area (Å²) in [7, 11) is 1.64. The molecule has 1 saturated heterocycles. The van der Waals surface area contributed by atoms with Crippen molar-refractivity contribution in [3.05, 3.63) is 18.3 Å². The first-order valence-corrected chi connectivity index (χ1v) is 5.23. The second-order valence-corrected chi connectivity index (χ2v) is 3.59. The molecule has 0 aliphatic carbocycles. The Kier molecular flexibility index (Phi) is 3.40. The van der Waals surface area contributed by atoms with Gasteiger partial charge in [-0.3, -0.25) is 0 Å². The maximum Gasteiger partial charge on any atom is 0.237 e. The van der Waals surface area contributed by atoms with Crippen molar-refractivity contribution >= 4 is 5.69 Å². The number of hydrogen-bond acceptors (Lipinski definition) is 4. The summed E-state index contributed by atoms with van der Waals surface area (Å²) in [4.78, 5) is 4.15. The smallest absolute Gasteiger partial charge is 0.237 e. The van der Waals surface area contributed by atoms with Crippen molar-refractivity contribution in [3.63, 3.8) is 0 Å². The molecule has 1 fully saturated rings. The third-order valence-electron chi connectivity index (χ3n) is 2.55. The van der Waals surface area contributed by atoms with Crippen LogP contribution in [0.1, 0.15) is 12.8 Å². The lowest BCUT2D eigenvalue weighted by Crippen LogP contribution is -2.28. The lowest BCUT2D eigenvalue weighted by atomic mass is 10.1. The fourth-order valence-electron chi connectivity index (χ4n) is 1.73. The summed E-state index contributed by atoms with van der Waals surface area (Å²) in [6.07, 6.45) is 3.81. The van der Waals surface area contributed by atoms with E-state index in [0.29, 0.717) is 11.9 Å². The van der Waals surface area contributed by atoms with E-state index in [9.17, 15) is 0 Å². The minimum atomic E-state index is 0.469. The minimum Gasteiger partial charge on any atom is -0.480 e. The van der Waals surface area contributed by atoms with E-state index in [0.717, 1.165) is 31.7 Å². The van der Waals surface area contributed by atoms with E-state index in [2.05, 4.69) is 10.3 Å². The minimum absolute atomic E-state index is 0.469. The van der Waals surface area contributed by atoms with Crippen LogP contribution in [0.3, 0.4) is 0 Å². The third-order valence-corrected chi connectivity index (χ3v) is 2.55. The summed E-state index contributed by atoms with van der Waals surface area (Å²) in [5.74, 6) is 0.656. The van der Waals surface area contributed by atoms with Crippen molar-refractivity contribution in [1.82, 2.24) is 4.98 Å². The van der Waals surface area contributed by atoms with Gasteiger partial charge in [0.05, 0.1) is 12.8 Å². The Labute approximate surface area is 89.6 Å². The van der Waals surface area contributed by atoms with Crippen molar-refractivity contribution in [1.29, 1.82) is 0 Å². The van der Waals surface area contributed by atoms with Crippen LogP contribution >= 0.6 is 0 Å². The number of pyridine rings is 1. The SMILES string of the molecule is COc1ncccc1NC1CCOCC1. The van der Waals surface area contributed by atoms with Crippen LogP contribution in [0.15, 0.2) is 18.3 Å². The molecule has 0 spiro atoms. The molecule has 4 heteroatoms. The van der Waals surface area contributed by atoms with Gasteiger partial charge < -0.3 is 14.8 Å². The highest BCUT2D eigenvalue weighted by atomic mass is 16.5. The van der Waals surface area contributed by atoms with Crippen molar-refractivity contribution in [3.8, 4) is 5.88 Å². The van der Waals surface area contributed by atoms with E-state index in [-0.39, 0.29) is 0 Å². The molecule has 0 radical (unpaired) electrons. The van der Waals surface area contributed by atoms with Crippen LogP contribution in [0, 0.1) is 0 Å². The van der Waals surface area contributed by atoms with E-state index in [1.54, 1.807) is 13.3 Å². The predicted octanol–water partition coefficient (Wildman–Crippen LogP) is 1.68. The average Bonchev–Trinajstić information content (AvgIpc) is 2.31. The van der Waals surface area contributed by atoms with Crippen molar-refractivity contribution in [2.75, 3.05) is 25.6 Å². The molecular formula is C11H16N2O2. The van der Waals surface area contributed by atoms with E-state index in [1.165, 1.54) is 0 Å². The molecule has 1 aliphatic rings. The summed E-state index contributed by atoms with van der Waals surface area (Å²) in [6.45, 7) is 1.67. The summed E-state index contributed by atoms with van der Waals surface area (Å²) in [6, 6.07) is 4.36. The number of methoxy groups -OCH3 is 1. The Morgan fingerprint density at radius 1 is 1.47 bits per heavy atom. The molecule has 0 bridgehead atoms. The van der Waals surface area contributed by atoms with Gasteiger partial charge in [-0.1, -0.05) is 0 Å². The Bertz CT molecular complexity index is 311. The van der Waals surface area contributed by atoms with E-state index in [1.807, 2.05) is 12.1 Å². The van der Waals surface area contributed by atoms with E-state index in [4.69, 9.17) is 9.47 Å². The zero-order chi connectivity index (χ0) is 10.5. The monoisotopic (exact) mass is 208 g/mol. The van der Waals surface area contributed by atoms with Gasteiger partial charge in [-0.25, -0.2) is 4.98 Å². The van der Waals surface area contributed by atoms with E-state index >= 15 is 0 Å². The lowest BCUT2D eigenvalue weighted by Gasteiger charge is -2.24. The van der Waals surface area contributed by atoms with Gasteiger partial charge in [0, 0.05) is 25.5 Å². The Morgan fingerprint density at radius 2 is 2.27 bits per heavy atom. The third kappa shape index (κ3) is 2.59. The molecule has 2 heterocycles. The van der Waals surface area contributed by atoms with Gasteiger partial charge in [0.2, 0.25) is 5.88 Å². The number of ether oxygens (including phenoxy) is 2. The molecule has 0 amide bonds. The van der Waals surface area contributed by atoms with Crippen molar-refractivity contribution < 1.29 is 9.47 Å². The molecule has 1 aromatic heterocycles. The molecule has 15 heavy (non-hydrogen) atoms. The van der Waals surface area contributed by atoms with Gasteiger partial charge >= 0.3 is 0 Å². The van der Waals surface area contributed by atoms with Crippen LogP contribution in [0.25, 0.3) is 0 Å². The lowest BCUT2D eigenvalue weighted by molar-refractivity contribution is 0.0904. The highest BCUT2D eigenvalue weighted by Crippen LogP contribution is 2.22. The summed E-state index contributed by atoms with van der Waals surface area (Å²) < 4.78 is 10.5. The maximum absolute atomic E-state index is 5.31. The van der Waals surface area contributed by atoms with Crippen molar-refractivity contribution in [2.24, 2.45) is 0 Å². The Balaban J connectivity index is 2.02. The second-order valence-electron chi connectivity index (χ2n) is 3.59. The quantitative estimate of drug-likeness (QED) is 0.820. The summed E-state index contributed by atoms with van der Waals surface area (Å²) in [5.41, 5.74) is 0.965. The van der Waals surface area contributed by atoms with Gasteiger partial charge in [-0.05, 0) is 25.0 Å². The molecule has 2 rings (SSSR count). The number of nitrogens with zero attached hydrogens (tertiary/aromatic N) is 1. The first kappa shape index (κ1) is 10.2. The molecule has 0 aromatic carbocycles. The van der Waals surface area contributed by atoms with Crippen LogP contribution in [0.4, 0.5) is 5.69 Å². The fraction of sp³-hybridized carbons (Fsp3) is 0.545. The van der Waals surface area contributed by atoms with Gasteiger partial charge in [0.25, 0.3) is 0 Å². The van der Waals surface area contributed by atoms with Crippen molar-refractivity contribution in [2.45, 2.75) is 18.9 Å². The Morgan fingerprint density at radius 3 is 3.00 bits per heavy atom. The number of rotatable bonds is 3. The molecular weight excluding hydrogens is 192 g/mol. The highest BCUT2D eigenvalue weighted by molar-refractivity contribution is 5.52. The first-order chi connectivity index (χ1) is 7.40. The molecule has 82 valence electrons. The van der Waals surface area contributed by atoms with Crippen LogP contribution in [-0.2, 0) is 4.74 Å². The number of hydrogen-bond donors (Lipinski definition) is 1. The molecule has 1 aromatic rings. The normalized spacial score (nSPS) is 17.4. The van der Waals surface area contributed by atoms with Crippen LogP contribution in [0.5, 0.6) is 5.88 Å². The number of aromatic nitrogens is 1.